The molecule has 1 aromatic carbocycles. The summed E-state index contributed by atoms with van der Waals surface area (Å²) in [6, 6.07) is 6.34. The second-order valence-corrected chi connectivity index (χ2v) is 4.90. The van der Waals surface area contributed by atoms with E-state index in [1.807, 2.05) is 10.6 Å². The van der Waals surface area contributed by atoms with Gasteiger partial charge in [-0.15, -0.1) is 0 Å². The zero-order valence-corrected chi connectivity index (χ0v) is 10.7. The van der Waals surface area contributed by atoms with Crippen LogP contribution in [0.25, 0.3) is 5.69 Å². The van der Waals surface area contributed by atoms with E-state index >= 15 is 0 Å². The van der Waals surface area contributed by atoms with Crippen LogP contribution < -0.4 is 5.73 Å². The fraction of sp³-hybridized carbons (Fsp3) is 0.357. The van der Waals surface area contributed by atoms with Gasteiger partial charge < -0.3 is 10.3 Å². The Kier molecular flexibility index (Phi) is 3.77. The molecule has 4 heteroatoms. The molecule has 1 unspecified atom stereocenters. The van der Waals surface area contributed by atoms with Crippen molar-refractivity contribution in [2.45, 2.75) is 26.3 Å². The predicted molar refractivity (Wildman–Crippen MR) is 69.9 cm³/mol. The van der Waals surface area contributed by atoms with E-state index in [4.69, 9.17) is 5.73 Å². The van der Waals surface area contributed by atoms with Crippen molar-refractivity contribution in [3.8, 4) is 5.69 Å². The van der Waals surface area contributed by atoms with E-state index in [0.29, 0.717) is 5.92 Å². The zero-order chi connectivity index (χ0) is 13.1. The van der Waals surface area contributed by atoms with Crippen molar-refractivity contribution in [3.05, 3.63) is 48.3 Å². The Morgan fingerprint density at radius 3 is 2.83 bits per heavy atom. The van der Waals surface area contributed by atoms with Crippen LogP contribution in [0.4, 0.5) is 4.39 Å². The Morgan fingerprint density at radius 2 is 2.17 bits per heavy atom. The standard InChI is InChI=1S/C14H18FN3/c1-10(2)6-13(16)14-8-17-9-18(14)12-5-3-4-11(15)7-12/h3-5,7-10,13H,6,16H2,1-2H3. The molecule has 3 nitrogen and oxygen atoms in total. The van der Waals surface area contributed by atoms with Crippen molar-refractivity contribution in [2.75, 3.05) is 0 Å². The average Bonchev–Trinajstić information content (AvgIpc) is 2.76. The highest BCUT2D eigenvalue weighted by atomic mass is 19.1. The third kappa shape index (κ3) is 2.76. The number of imidazole rings is 1. The van der Waals surface area contributed by atoms with Gasteiger partial charge in [0.2, 0.25) is 0 Å². The molecule has 0 radical (unpaired) electrons. The fourth-order valence-corrected chi connectivity index (χ4v) is 2.05. The van der Waals surface area contributed by atoms with Crippen LogP contribution in [0.1, 0.15) is 32.0 Å². The van der Waals surface area contributed by atoms with Crippen molar-refractivity contribution in [2.24, 2.45) is 11.7 Å². The number of rotatable bonds is 4. The van der Waals surface area contributed by atoms with Crippen molar-refractivity contribution in [1.29, 1.82) is 0 Å². The minimum Gasteiger partial charge on any atom is -0.323 e. The molecule has 1 atom stereocenters. The Balaban J connectivity index is 2.33. The van der Waals surface area contributed by atoms with Crippen LogP contribution in [0.2, 0.25) is 0 Å². The molecule has 2 rings (SSSR count). The second-order valence-electron chi connectivity index (χ2n) is 4.90. The monoisotopic (exact) mass is 247 g/mol. The quantitative estimate of drug-likeness (QED) is 0.902. The summed E-state index contributed by atoms with van der Waals surface area (Å²) < 4.78 is 15.1. The molecular weight excluding hydrogens is 229 g/mol. The lowest BCUT2D eigenvalue weighted by Gasteiger charge is -2.16. The molecule has 0 fully saturated rings. The largest absolute Gasteiger partial charge is 0.323 e. The maximum Gasteiger partial charge on any atom is 0.125 e. The molecule has 1 heterocycles. The highest BCUT2D eigenvalue weighted by Crippen LogP contribution is 2.21. The van der Waals surface area contributed by atoms with Crippen LogP contribution >= 0.6 is 0 Å². The highest BCUT2D eigenvalue weighted by molar-refractivity contribution is 5.34. The van der Waals surface area contributed by atoms with E-state index in [0.717, 1.165) is 17.8 Å². The summed E-state index contributed by atoms with van der Waals surface area (Å²) in [6.07, 6.45) is 4.29. The molecule has 96 valence electrons. The number of aromatic nitrogens is 2. The molecular formula is C14H18FN3. The van der Waals surface area contributed by atoms with Crippen molar-refractivity contribution in [1.82, 2.24) is 9.55 Å². The third-order valence-corrected chi connectivity index (χ3v) is 2.86. The first-order valence-corrected chi connectivity index (χ1v) is 6.11. The van der Waals surface area contributed by atoms with E-state index in [9.17, 15) is 4.39 Å². The summed E-state index contributed by atoms with van der Waals surface area (Å²) in [4.78, 5) is 4.12. The fourth-order valence-electron chi connectivity index (χ4n) is 2.05. The van der Waals surface area contributed by atoms with Gasteiger partial charge in [0.25, 0.3) is 0 Å². The van der Waals surface area contributed by atoms with Gasteiger partial charge in [0.1, 0.15) is 5.82 Å². The number of benzene rings is 1. The molecule has 0 spiro atoms. The Bertz CT molecular complexity index is 519. The number of nitrogens with zero attached hydrogens (tertiary/aromatic N) is 2. The number of halogens is 1. The van der Waals surface area contributed by atoms with Gasteiger partial charge in [0.15, 0.2) is 0 Å². The van der Waals surface area contributed by atoms with Gasteiger partial charge in [-0.1, -0.05) is 19.9 Å². The summed E-state index contributed by atoms with van der Waals surface area (Å²) in [5, 5.41) is 0. The molecule has 0 aliphatic carbocycles. The second kappa shape index (κ2) is 5.31. The zero-order valence-electron chi connectivity index (χ0n) is 10.7. The molecule has 0 bridgehead atoms. The van der Waals surface area contributed by atoms with E-state index < -0.39 is 0 Å². The normalized spacial score (nSPS) is 12.9. The maximum absolute atomic E-state index is 13.2. The van der Waals surface area contributed by atoms with Gasteiger partial charge in [-0.05, 0) is 30.5 Å². The lowest BCUT2D eigenvalue weighted by molar-refractivity contribution is 0.497. The van der Waals surface area contributed by atoms with Crippen LogP contribution in [0, 0.1) is 11.7 Å². The van der Waals surface area contributed by atoms with Crippen LogP contribution in [0.5, 0.6) is 0 Å². The minimum absolute atomic E-state index is 0.0873. The van der Waals surface area contributed by atoms with Crippen LogP contribution in [0.3, 0.4) is 0 Å². The van der Waals surface area contributed by atoms with Gasteiger partial charge in [-0.2, -0.15) is 0 Å². The van der Waals surface area contributed by atoms with Crippen LogP contribution in [-0.4, -0.2) is 9.55 Å². The minimum atomic E-state index is -0.260. The molecule has 1 aromatic heterocycles. The molecule has 2 aromatic rings. The summed E-state index contributed by atoms with van der Waals surface area (Å²) >= 11 is 0. The first-order valence-electron chi connectivity index (χ1n) is 6.11. The van der Waals surface area contributed by atoms with E-state index in [1.165, 1.54) is 12.1 Å². The summed E-state index contributed by atoms with van der Waals surface area (Å²) in [5.41, 5.74) is 7.82. The van der Waals surface area contributed by atoms with Crippen LogP contribution in [0.15, 0.2) is 36.8 Å². The lowest BCUT2D eigenvalue weighted by Crippen LogP contribution is -2.16. The average molecular weight is 247 g/mol. The van der Waals surface area contributed by atoms with Crippen LogP contribution in [-0.2, 0) is 0 Å². The Morgan fingerprint density at radius 1 is 1.39 bits per heavy atom. The van der Waals surface area contributed by atoms with E-state index in [-0.39, 0.29) is 11.9 Å². The molecule has 0 saturated carbocycles. The molecule has 0 aliphatic rings. The smallest absolute Gasteiger partial charge is 0.125 e. The summed E-state index contributed by atoms with van der Waals surface area (Å²) in [7, 11) is 0. The first-order chi connectivity index (χ1) is 8.58. The highest BCUT2D eigenvalue weighted by Gasteiger charge is 2.14. The van der Waals surface area contributed by atoms with Crippen molar-refractivity contribution in [3.63, 3.8) is 0 Å². The SMILES string of the molecule is CC(C)CC(N)c1cncn1-c1cccc(F)c1. The maximum atomic E-state index is 13.2. The molecule has 0 saturated heterocycles. The van der Waals surface area contributed by atoms with E-state index in [2.05, 4.69) is 18.8 Å². The molecule has 0 aliphatic heterocycles. The topological polar surface area (TPSA) is 43.8 Å². The Hall–Kier alpha value is -1.68. The number of hydrogen-bond acceptors (Lipinski definition) is 2. The Labute approximate surface area is 106 Å². The van der Waals surface area contributed by atoms with Gasteiger partial charge >= 0.3 is 0 Å². The number of nitrogens with two attached hydrogens (primary N) is 1. The van der Waals surface area contributed by atoms with Gasteiger partial charge in [-0.25, -0.2) is 9.37 Å². The summed E-state index contributed by atoms with van der Waals surface area (Å²) in [6.45, 7) is 4.26. The molecule has 18 heavy (non-hydrogen) atoms. The molecule has 2 N–H and O–H groups in total. The number of hydrogen-bond donors (Lipinski definition) is 1. The predicted octanol–water partition coefficient (Wildman–Crippen LogP) is 3.06. The molecule has 0 amide bonds. The summed E-state index contributed by atoms with van der Waals surface area (Å²) in [5.74, 6) is 0.250. The van der Waals surface area contributed by atoms with Crippen molar-refractivity contribution >= 4 is 0 Å². The lowest BCUT2D eigenvalue weighted by atomic mass is 10.0. The van der Waals surface area contributed by atoms with E-state index in [1.54, 1.807) is 18.6 Å². The van der Waals surface area contributed by atoms with Crippen molar-refractivity contribution < 1.29 is 4.39 Å². The van der Waals surface area contributed by atoms with Gasteiger partial charge in [0.05, 0.1) is 18.2 Å². The van der Waals surface area contributed by atoms with Gasteiger partial charge in [-0.3, -0.25) is 0 Å². The third-order valence-electron chi connectivity index (χ3n) is 2.86. The first kappa shape index (κ1) is 12.8. The van der Waals surface area contributed by atoms with Gasteiger partial charge in [0, 0.05) is 11.7 Å².